The number of halogens is 3. The zero-order chi connectivity index (χ0) is 20.4. The zero-order valence-corrected chi connectivity index (χ0v) is 24.5. The van der Waals surface area contributed by atoms with Crippen molar-refractivity contribution < 1.29 is 57.7 Å². The van der Waals surface area contributed by atoms with Crippen molar-refractivity contribution in [2.45, 2.75) is 67.2 Å². The maximum atomic E-state index is 2.46. The van der Waals surface area contributed by atoms with Crippen LogP contribution in [0.4, 0.5) is 0 Å². The normalized spacial score (nSPS) is 13.2. The summed E-state index contributed by atoms with van der Waals surface area (Å²) < 4.78 is 1.61. The Balaban J connectivity index is 0.00000300. The predicted octanol–water partition coefficient (Wildman–Crippen LogP) is -3.48. The van der Waals surface area contributed by atoms with Crippen LogP contribution in [0.15, 0.2) is 56.6 Å². The van der Waals surface area contributed by atoms with Gasteiger partial charge in [-0.05, 0) is 0 Å². The van der Waals surface area contributed by atoms with Crippen LogP contribution in [0.5, 0.6) is 0 Å². The number of aryl methyl sites for hydroxylation is 4. The van der Waals surface area contributed by atoms with Crippen molar-refractivity contribution in [1.82, 2.24) is 0 Å². The van der Waals surface area contributed by atoms with E-state index in [0.29, 0.717) is 0 Å². The molecule has 31 heavy (non-hydrogen) atoms. The molecule has 1 aliphatic rings. The molecule has 2 aromatic carbocycles. The van der Waals surface area contributed by atoms with E-state index >= 15 is 0 Å². The summed E-state index contributed by atoms with van der Waals surface area (Å²) in [5, 5.41) is 4.92. The van der Waals surface area contributed by atoms with Crippen LogP contribution in [0.3, 0.4) is 0 Å². The molecule has 0 amide bonds. The van der Waals surface area contributed by atoms with E-state index in [1.54, 1.807) is 30.6 Å². The van der Waals surface area contributed by atoms with Crippen LogP contribution in [-0.4, -0.2) is 8.80 Å². The molecule has 0 unspecified atom stereocenters. The maximum absolute atomic E-state index is 2.46. The second-order valence-electron chi connectivity index (χ2n) is 8.71. The van der Waals surface area contributed by atoms with Crippen LogP contribution in [0.2, 0.25) is 0 Å². The summed E-state index contributed by atoms with van der Waals surface area (Å²) in [5.74, 6) is 0. The van der Waals surface area contributed by atoms with Crippen LogP contribution in [0.25, 0.3) is 0 Å². The van der Waals surface area contributed by atoms with E-state index in [1.165, 1.54) is 47.9 Å². The van der Waals surface area contributed by atoms with Gasteiger partial charge in [-0.3, -0.25) is 0 Å². The summed E-state index contributed by atoms with van der Waals surface area (Å²) in [6.07, 6.45) is 5.01. The predicted molar refractivity (Wildman–Crippen MR) is 122 cm³/mol. The van der Waals surface area contributed by atoms with Crippen LogP contribution in [0, 0.1) is 27.7 Å². The first-order valence-electron chi connectivity index (χ1n) is 10.6. The van der Waals surface area contributed by atoms with Crippen molar-refractivity contribution >= 4 is 19.2 Å². The van der Waals surface area contributed by atoms with Gasteiger partial charge in [-0.1, -0.05) is 0 Å². The quantitative estimate of drug-likeness (QED) is 0.343. The Morgan fingerprint density at radius 3 is 1.55 bits per heavy atom. The van der Waals surface area contributed by atoms with Crippen LogP contribution >= 0.6 is 0 Å². The van der Waals surface area contributed by atoms with E-state index in [0.717, 1.165) is 0 Å². The standard InChI is InChI=1S/C26H33Si.3ClH.Ti/c1-7-8-9-23-17-26(16-22(23)6)27(24-12-18(2)10-19(3)13-24)25-14-20(4)11-21(5)15-25;;;;/h10-15,27H,7-9,16H2,1-6H3;3*1H;/q;;;;+3/p-3. The van der Waals surface area contributed by atoms with E-state index in [9.17, 15) is 0 Å². The molecule has 0 heterocycles. The topological polar surface area (TPSA) is 0 Å². The molecule has 0 nitrogen and oxygen atoms in total. The fraction of sp³-hybridized carbons (Fsp3) is 0.385. The maximum Gasteiger partial charge on any atom is -1.00 e. The molecule has 0 aromatic heterocycles. The molecule has 0 atom stereocenters. The molecule has 1 aliphatic carbocycles. The van der Waals surface area contributed by atoms with Gasteiger partial charge in [-0.2, -0.15) is 0 Å². The Bertz CT molecular complexity index is 871. The third kappa shape index (κ3) is 7.36. The van der Waals surface area contributed by atoms with Crippen LogP contribution in [-0.2, 0) is 20.4 Å². The SMILES string of the molecule is CCCCC1=C(C)CC([SiH](c2cc(C)cc(C)c2)c2cc(C)cc(C)c2)=[C]1[Ti+3].[Cl-].[Cl-].[Cl-]. The van der Waals surface area contributed by atoms with Gasteiger partial charge in [0.2, 0.25) is 0 Å². The van der Waals surface area contributed by atoms with Gasteiger partial charge < -0.3 is 37.2 Å². The Morgan fingerprint density at radius 1 is 0.742 bits per heavy atom. The number of allylic oxidation sites excluding steroid dienone is 4. The number of hydrogen-bond acceptors (Lipinski definition) is 0. The van der Waals surface area contributed by atoms with Crippen LogP contribution in [0.1, 0.15) is 61.8 Å². The average Bonchev–Trinajstić information content (AvgIpc) is 2.86. The van der Waals surface area contributed by atoms with Crippen molar-refractivity contribution in [3.05, 3.63) is 78.9 Å². The van der Waals surface area contributed by atoms with Crippen molar-refractivity contribution in [3.63, 3.8) is 0 Å². The zero-order valence-electron chi connectivity index (χ0n) is 19.5. The van der Waals surface area contributed by atoms with Gasteiger partial charge in [0.1, 0.15) is 0 Å². The molecule has 0 saturated carbocycles. The Labute approximate surface area is 221 Å². The average molecular weight is 528 g/mol. The van der Waals surface area contributed by atoms with E-state index in [1.807, 2.05) is 0 Å². The van der Waals surface area contributed by atoms with Gasteiger partial charge in [0.25, 0.3) is 0 Å². The molecular formula is C26H33Cl3SiTi. The van der Waals surface area contributed by atoms with E-state index < -0.39 is 8.80 Å². The molecule has 0 N–H and O–H groups in total. The van der Waals surface area contributed by atoms with Crippen molar-refractivity contribution in [3.8, 4) is 0 Å². The first-order valence-corrected chi connectivity index (χ1v) is 13.1. The molecule has 3 rings (SSSR count). The van der Waals surface area contributed by atoms with Crippen molar-refractivity contribution in [1.29, 1.82) is 0 Å². The molecule has 0 aliphatic heterocycles. The summed E-state index contributed by atoms with van der Waals surface area (Å²) >= 11 is 2.40. The molecular weight excluding hydrogens is 495 g/mol. The molecule has 0 fully saturated rings. The third-order valence-corrected chi connectivity index (χ3v) is 10.5. The van der Waals surface area contributed by atoms with Gasteiger partial charge in [0.15, 0.2) is 0 Å². The molecule has 0 saturated heterocycles. The monoisotopic (exact) mass is 526 g/mol. The van der Waals surface area contributed by atoms with Gasteiger partial charge >= 0.3 is 186 Å². The summed E-state index contributed by atoms with van der Waals surface area (Å²) in [4.78, 5) is 0. The Kier molecular flexibility index (Phi) is 13.3. The number of hydrogen-bond donors (Lipinski definition) is 0. The van der Waals surface area contributed by atoms with Gasteiger partial charge in [0, 0.05) is 0 Å². The largest absolute Gasteiger partial charge is 1.00 e. The summed E-state index contributed by atoms with van der Waals surface area (Å²) in [5.41, 5.74) is 8.84. The number of unbranched alkanes of at least 4 members (excludes halogenated alkanes) is 1. The molecule has 5 heteroatoms. The molecule has 166 valence electrons. The minimum absolute atomic E-state index is 0. The second kappa shape index (κ2) is 13.4. The molecule has 0 radical (unpaired) electrons. The first-order chi connectivity index (χ1) is 13.3. The first kappa shape index (κ1) is 30.7. The summed E-state index contributed by atoms with van der Waals surface area (Å²) in [6.45, 7) is 13.7. The van der Waals surface area contributed by atoms with E-state index in [2.05, 4.69) is 98.4 Å². The molecule has 0 spiro atoms. The second-order valence-corrected chi connectivity index (χ2v) is 12.4. The summed E-state index contributed by atoms with van der Waals surface area (Å²) in [7, 11) is -1.45. The number of benzene rings is 2. The fourth-order valence-electron chi connectivity index (χ4n) is 4.77. The third-order valence-electron chi connectivity index (χ3n) is 5.88. The van der Waals surface area contributed by atoms with E-state index in [4.69, 9.17) is 0 Å². The van der Waals surface area contributed by atoms with E-state index in [-0.39, 0.29) is 37.2 Å². The minimum Gasteiger partial charge on any atom is -1.00 e. The van der Waals surface area contributed by atoms with Crippen molar-refractivity contribution in [2.75, 3.05) is 0 Å². The number of rotatable bonds is 6. The minimum atomic E-state index is -1.45. The Hall–Kier alpha value is -0.279. The van der Waals surface area contributed by atoms with Gasteiger partial charge in [-0.25, -0.2) is 0 Å². The Morgan fingerprint density at radius 2 is 1.16 bits per heavy atom. The molecule has 2 aromatic rings. The summed E-state index contributed by atoms with van der Waals surface area (Å²) in [6, 6.07) is 14.5. The molecule has 0 bridgehead atoms. The van der Waals surface area contributed by atoms with Gasteiger partial charge in [0.05, 0.1) is 0 Å². The smallest absolute Gasteiger partial charge is 1.00 e. The van der Waals surface area contributed by atoms with Crippen molar-refractivity contribution in [2.24, 2.45) is 0 Å². The fourth-order valence-corrected chi connectivity index (χ4v) is 10.00. The van der Waals surface area contributed by atoms with Gasteiger partial charge in [-0.15, -0.1) is 0 Å². The van der Waals surface area contributed by atoms with Crippen LogP contribution < -0.4 is 47.6 Å².